The van der Waals surface area contributed by atoms with Crippen LogP contribution in [0.3, 0.4) is 0 Å². The molecule has 2 N–H and O–H groups in total. The summed E-state index contributed by atoms with van der Waals surface area (Å²) < 4.78 is 16.1. The van der Waals surface area contributed by atoms with Crippen LogP contribution in [0.2, 0.25) is 0 Å². The zero-order valence-corrected chi connectivity index (χ0v) is 20.1. The number of anilines is 2. The van der Waals surface area contributed by atoms with E-state index in [0.717, 1.165) is 10.9 Å². The Morgan fingerprint density at radius 1 is 1.14 bits per heavy atom. The SMILES string of the molecule is CC1(C)C(=O)Nc2nc(-c3nn(Cc4ccccc4F)c4ncccc34)nc(N3CCC(O)CC3)c21. The van der Waals surface area contributed by atoms with Crippen LogP contribution >= 0.6 is 0 Å². The fourth-order valence-corrected chi connectivity index (χ4v) is 4.98. The van der Waals surface area contributed by atoms with Crippen molar-refractivity contribution in [2.45, 2.75) is 44.8 Å². The van der Waals surface area contributed by atoms with Crippen LogP contribution in [0.25, 0.3) is 22.6 Å². The molecule has 10 heteroatoms. The molecule has 0 unspecified atom stereocenters. The lowest BCUT2D eigenvalue weighted by Crippen LogP contribution is -2.38. The molecule has 0 radical (unpaired) electrons. The second-order valence-corrected chi connectivity index (χ2v) is 9.86. The van der Waals surface area contributed by atoms with Gasteiger partial charge < -0.3 is 15.3 Å². The average Bonchev–Trinajstić information content (AvgIpc) is 3.34. The monoisotopic (exact) mass is 487 g/mol. The van der Waals surface area contributed by atoms with Crippen LogP contribution in [0.4, 0.5) is 16.0 Å². The summed E-state index contributed by atoms with van der Waals surface area (Å²) >= 11 is 0. The molecule has 36 heavy (non-hydrogen) atoms. The molecule has 1 fully saturated rings. The van der Waals surface area contributed by atoms with E-state index >= 15 is 0 Å². The van der Waals surface area contributed by atoms with Gasteiger partial charge in [-0.25, -0.2) is 24.0 Å². The number of carbonyl (C=O) groups is 1. The lowest BCUT2D eigenvalue weighted by molar-refractivity contribution is -0.119. The van der Waals surface area contributed by atoms with Crippen molar-refractivity contribution in [1.29, 1.82) is 0 Å². The van der Waals surface area contributed by atoms with Crippen molar-refractivity contribution in [1.82, 2.24) is 24.7 Å². The summed E-state index contributed by atoms with van der Waals surface area (Å²) in [6.07, 6.45) is 2.58. The van der Waals surface area contributed by atoms with Crippen molar-refractivity contribution in [3.05, 3.63) is 59.5 Å². The van der Waals surface area contributed by atoms with Crippen LogP contribution in [-0.2, 0) is 16.8 Å². The van der Waals surface area contributed by atoms with E-state index < -0.39 is 5.41 Å². The second kappa shape index (κ2) is 8.34. The Balaban J connectivity index is 1.51. The molecule has 0 spiro atoms. The number of benzene rings is 1. The first-order chi connectivity index (χ1) is 17.3. The molecule has 2 aliphatic heterocycles. The second-order valence-electron chi connectivity index (χ2n) is 9.86. The maximum atomic E-state index is 14.4. The lowest BCUT2D eigenvalue weighted by Gasteiger charge is -2.33. The molecular formula is C26H26FN7O2. The van der Waals surface area contributed by atoms with Gasteiger partial charge in [-0.3, -0.25) is 4.79 Å². The first-order valence-corrected chi connectivity index (χ1v) is 12.0. The molecule has 5 heterocycles. The number of carbonyl (C=O) groups excluding carboxylic acids is 1. The maximum Gasteiger partial charge on any atom is 0.235 e. The smallest absolute Gasteiger partial charge is 0.235 e. The highest BCUT2D eigenvalue weighted by Crippen LogP contribution is 2.43. The number of pyridine rings is 1. The van der Waals surface area contributed by atoms with Gasteiger partial charge in [0, 0.05) is 24.8 Å². The highest BCUT2D eigenvalue weighted by molar-refractivity contribution is 6.06. The molecule has 1 aromatic carbocycles. The van der Waals surface area contributed by atoms with E-state index in [0.29, 0.717) is 60.3 Å². The number of amides is 1. The first kappa shape index (κ1) is 22.5. The van der Waals surface area contributed by atoms with Gasteiger partial charge in [0.25, 0.3) is 0 Å². The molecule has 3 aromatic heterocycles. The van der Waals surface area contributed by atoms with Crippen LogP contribution in [0, 0.1) is 5.82 Å². The van der Waals surface area contributed by atoms with E-state index in [4.69, 9.17) is 15.1 Å². The van der Waals surface area contributed by atoms with Gasteiger partial charge in [0.2, 0.25) is 5.91 Å². The first-order valence-electron chi connectivity index (χ1n) is 12.0. The summed E-state index contributed by atoms with van der Waals surface area (Å²) in [6.45, 7) is 5.17. The molecule has 0 aliphatic carbocycles. The van der Waals surface area contributed by atoms with Crippen molar-refractivity contribution in [3.8, 4) is 11.5 Å². The van der Waals surface area contributed by atoms with Crippen LogP contribution in [-0.4, -0.2) is 54.9 Å². The molecule has 9 nitrogen and oxygen atoms in total. The zero-order chi connectivity index (χ0) is 25.0. The number of halogens is 1. The third kappa shape index (κ3) is 3.60. The van der Waals surface area contributed by atoms with Crippen molar-refractivity contribution in [3.63, 3.8) is 0 Å². The number of piperidine rings is 1. The normalized spacial score (nSPS) is 17.4. The van der Waals surface area contributed by atoms with Gasteiger partial charge in [0.1, 0.15) is 23.1 Å². The Bertz CT molecular complexity index is 1490. The van der Waals surface area contributed by atoms with Gasteiger partial charge >= 0.3 is 0 Å². The Labute approximate surface area is 207 Å². The summed E-state index contributed by atoms with van der Waals surface area (Å²) in [5, 5.41) is 18.5. The minimum atomic E-state index is -0.799. The predicted octanol–water partition coefficient (Wildman–Crippen LogP) is 3.27. The number of hydrogen-bond donors (Lipinski definition) is 2. The average molecular weight is 488 g/mol. The summed E-state index contributed by atoms with van der Waals surface area (Å²) in [5.41, 5.74) is 1.55. The third-order valence-electron chi connectivity index (χ3n) is 7.08. The van der Waals surface area contributed by atoms with E-state index in [9.17, 15) is 14.3 Å². The molecule has 6 rings (SSSR count). The molecular weight excluding hydrogens is 461 g/mol. The van der Waals surface area contributed by atoms with Crippen LogP contribution in [0.5, 0.6) is 0 Å². The van der Waals surface area contributed by atoms with E-state index in [2.05, 4.69) is 15.2 Å². The number of aliphatic hydroxyl groups excluding tert-OH is 1. The van der Waals surface area contributed by atoms with Crippen molar-refractivity contribution >= 4 is 28.6 Å². The summed E-state index contributed by atoms with van der Waals surface area (Å²) in [5.74, 6) is 1.05. The molecule has 2 aliphatic rings. The number of fused-ring (bicyclic) bond motifs is 2. The van der Waals surface area contributed by atoms with Gasteiger partial charge in [0.05, 0.1) is 29.0 Å². The van der Waals surface area contributed by atoms with Gasteiger partial charge in [0.15, 0.2) is 11.5 Å². The predicted molar refractivity (Wildman–Crippen MR) is 133 cm³/mol. The van der Waals surface area contributed by atoms with Gasteiger partial charge in [-0.1, -0.05) is 18.2 Å². The van der Waals surface area contributed by atoms with Gasteiger partial charge in [-0.15, -0.1) is 0 Å². The number of aliphatic hydroxyl groups is 1. The number of rotatable bonds is 4. The maximum absolute atomic E-state index is 14.4. The molecule has 0 saturated carbocycles. The van der Waals surface area contributed by atoms with Crippen molar-refractivity contribution < 1.29 is 14.3 Å². The largest absolute Gasteiger partial charge is 0.393 e. The minimum Gasteiger partial charge on any atom is -0.393 e. The van der Waals surface area contributed by atoms with Crippen molar-refractivity contribution in [2.75, 3.05) is 23.3 Å². The summed E-state index contributed by atoms with van der Waals surface area (Å²) in [7, 11) is 0. The minimum absolute atomic E-state index is 0.140. The lowest BCUT2D eigenvalue weighted by atomic mass is 9.86. The quantitative estimate of drug-likeness (QED) is 0.455. The van der Waals surface area contributed by atoms with E-state index in [1.807, 2.05) is 26.0 Å². The Hall–Kier alpha value is -3.92. The highest BCUT2D eigenvalue weighted by Gasteiger charge is 2.44. The number of nitrogens with one attached hydrogen (secondary N) is 1. The van der Waals surface area contributed by atoms with Gasteiger partial charge in [-0.2, -0.15) is 5.10 Å². The Morgan fingerprint density at radius 2 is 1.92 bits per heavy atom. The van der Waals surface area contributed by atoms with E-state index in [-0.39, 0.29) is 24.4 Å². The summed E-state index contributed by atoms with van der Waals surface area (Å²) in [6, 6.07) is 10.3. The highest BCUT2D eigenvalue weighted by atomic mass is 19.1. The molecule has 1 amide bonds. The van der Waals surface area contributed by atoms with Crippen LogP contribution in [0.15, 0.2) is 42.6 Å². The van der Waals surface area contributed by atoms with E-state index in [1.165, 1.54) is 6.07 Å². The molecule has 0 bridgehead atoms. The summed E-state index contributed by atoms with van der Waals surface area (Å²) in [4.78, 5) is 29.1. The van der Waals surface area contributed by atoms with E-state index in [1.54, 1.807) is 29.1 Å². The third-order valence-corrected chi connectivity index (χ3v) is 7.08. The molecule has 1 saturated heterocycles. The molecule has 4 aromatic rings. The molecule has 0 atom stereocenters. The fourth-order valence-electron chi connectivity index (χ4n) is 4.98. The standard InChI is InChI=1S/C26H26FN7O2/c1-26(2)19-21(31-25(26)36)29-22(30-24(19)33-12-9-16(35)10-13-33)20-17-7-5-11-28-23(17)34(32-20)14-15-6-3-4-8-18(15)27/h3-8,11,16,35H,9-10,12-14H2,1-2H3,(H,29,30,31,36). The number of nitrogens with zero attached hydrogens (tertiary/aromatic N) is 6. The van der Waals surface area contributed by atoms with Crippen LogP contribution < -0.4 is 10.2 Å². The Morgan fingerprint density at radius 3 is 2.69 bits per heavy atom. The zero-order valence-electron chi connectivity index (χ0n) is 20.1. The molecule has 184 valence electrons. The fraction of sp³-hybridized carbons (Fsp3) is 0.346. The van der Waals surface area contributed by atoms with Gasteiger partial charge in [-0.05, 0) is 44.9 Å². The van der Waals surface area contributed by atoms with Crippen LogP contribution in [0.1, 0.15) is 37.8 Å². The van der Waals surface area contributed by atoms with Crippen molar-refractivity contribution in [2.24, 2.45) is 0 Å². The number of hydrogen-bond acceptors (Lipinski definition) is 7. The Kier molecular flexibility index (Phi) is 5.22. The topological polar surface area (TPSA) is 109 Å². The number of aromatic nitrogens is 5.